The first-order valence-electron chi connectivity index (χ1n) is 31.6. The van der Waals surface area contributed by atoms with Crippen LogP contribution >= 0.6 is 0 Å². The summed E-state index contributed by atoms with van der Waals surface area (Å²) < 4.78 is 553. The molecule has 0 saturated carbocycles. The van der Waals surface area contributed by atoms with Gasteiger partial charge in [-0.2, -0.15) is 101 Å². The van der Waals surface area contributed by atoms with Crippen LogP contribution in [0.25, 0.3) is 0 Å². The highest BCUT2D eigenvalue weighted by molar-refractivity contribution is 7.83. The number of hydrogen-bond donors (Lipinski definition) is 16. The Morgan fingerprint density at radius 1 is 0.168 bits per heavy atom. The molecule has 7 heterocycles. The highest BCUT2D eigenvalue weighted by Gasteiger charge is 2.64. The second-order valence-corrected chi connectivity index (χ2v) is 38.0. The second kappa shape index (κ2) is 38.2. The average Bonchev–Trinajstić information content (AvgIpc) is 0.746. The molecule has 0 amide bonds. The summed E-state index contributed by atoms with van der Waals surface area (Å²) in [6.07, 6.45) is -104. The molecule has 702 valence electrons. The average molecular weight is 2000 g/mol. The van der Waals surface area contributed by atoms with Crippen molar-refractivity contribution in [2.24, 2.45) is 0 Å². The molecule has 0 aromatic heterocycles. The highest BCUT2D eigenvalue weighted by Crippen LogP contribution is 2.44. The van der Waals surface area contributed by atoms with Gasteiger partial charge >= 0.3 is 125 Å². The molecule has 7 fully saturated rings. The van der Waals surface area contributed by atoms with Crippen LogP contribution in [0.2, 0.25) is 0 Å². The lowest BCUT2D eigenvalue weighted by Gasteiger charge is -2.52. The summed E-state index contributed by atoms with van der Waals surface area (Å²) >= 11 is 0. The molecule has 7 aliphatic heterocycles. The van der Waals surface area contributed by atoms with Gasteiger partial charge < -0.3 is 82.0 Å². The molecule has 0 aromatic rings. The van der Waals surface area contributed by atoms with Crippen LogP contribution in [0.1, 0.15) is 48.5 Å². The smallest absolute Gasteiger partial charge is 0.388 e. The molecule has 0 radical (unpaired) electrons. The molecular weight excluding hydrogens is 1930 g/mol. The third-order valence-corrected chi connectivity index (χ3v) is 22.3. The van der Waals surface area contributed by atoms with Gasteiger partial charge in [0.05, 0.1) is 42.7 Å². The zero-order valence-electron chi connectivity index (χ0n) is 59.3. The molecule has 7 rings (SSSR count). The Kier molecular flexibility index (Phi) is 33.3. The van der Waals surface area contributed by atoms with E-state index in [9.17, 15) is 176 Å². The number of hydrogen-bond acceptors (Lipinski definition) is 53. The van der Waals surface area contributed by atoms with Crippen molar-refractivity contribution in [2.75, 3.05) is 0 Å². The fourth-order valence-electron chi connectivity index (χ4n) is 12.5. The van der Waals surface area contributed by atoms with E-state index in [1.165, 1.54) is 0 Å². The molecule has 65 nitrogen and oxygen atoms in total. The van der Waals surface area contributed by atoms with Gasteiger partial charge in [-0.25, -0.2) is 50.2 Å². The molecule has 119 heavy (non-hydrogen) atoms. The second-order valence-electron chi connectivity index (χ2n) is 25.4. The van der Waals surface area contributed by atoms with Crippen LogP contribution in [-0.2, 0) is 237 Å². The van der Waals surface area contributed by atoms with Gasteiger partial charge in [-0.1, -0.05) is 0 Å². The summed E-state index contributed by atoms with van der Waals surface area (Å²) in [6, 6.07) is 0. The van der Waals surface area contributed by atoms with Crippen molar-refractivity contribution in [1.29, 1.82) is 0 Å². The minimum absolute atomic E-state index is 0.511. The Hall–Kier alpha value is -2.24. The first-order valence-corrected chi connectivity index (χ1v) is 47.9. The van der Waals surface area contributed by atoms with Crippen LogP contribution in [0.3, 0.4) is 0 Å². The zero-order chi connectivity index (χ0) is 90.9. The van der Waals surface area contributed by atoms with Crippen LogP contribution in [-0.4, -0.2) is 391 Å². The Labute approximate surface area is 672 Å². The van der Waals surface area contributed by atoms with Crippen LogP contribution in [0.4, 0.5) is 0 Å². The van der Waals surface area contributed by atoms with E-state index in [0.29, 0.717) is 34.6 Å². The van der Waals surface area contributed by atoms with Gasteiger partial charge in [0.25, 0.3) is 0 Å². The van der Waals surface area contributed by atoms with E-state index in [2.05, 4.69) is 33.5 Å². The molecule has 0 aliphatic carbocycles. The Morgan fingerprint density at radius 3 is 0.622 bits per heavy atom. The van der Waals surface area contributed by atoms with E-state index in [1.807, 2.05) is 0 Å². The van der Waals surface area contributed by atoms with Crippen molar-refractivity contribution in [3.63, 3.8) is 0 Å². The third-order valence-electron chi connectivity index (χ3n) is 16.7. The van der Waals surface area contributed by atoms with E-state index in [-0.39, 0.29) is 0 Å². The van der Waals surface area contributed by atoms with Gasteiger partial charge in [-0.3, -0.25) is 54.6 Å². The summed E-state index contributed by atoms with van der Waals surface area (Å²) in [5.74, 6) is 0. The van der Waals surface area contributed by atoms with Gasteiger partial charge in [0, 0.05) is 0 Å². The minimum Gasteiger partial charge on any atom is -0.388 e. The lowest BCUT2D eigenvalue weighted by Crippen LogP contribution is -2.70. The third kappa shape index (κ3) is 30.5. The maximum Gasteiger partial charge on any atom is 0.397 e. The molecule has 0 spiro atoms. The van der Waals surface area contributed by atoms with Crippen LogP contribution in [0.15, 0.2) is 0 Å². The molecular formula is C42H72O65S12. The minimum atomic E-state index is -6.62. The van der Waals surface area contributed by atoms with Crippen LogP contribution in [0.5, 0.6) is 0 Å². The van der Waals surface area contributed by atoms with Crippen molar-refractivity contribution >= 4 is 125 Å². The van der Waals surface area contributed by atoms with E-state index in [4.69, 9.17) is 78.3 Å². The van der Waals surface area contributed by atoms with Crippen LogP contribution in [0, 0.1) is 0 Å². The maximum atomic E-state index is 13.3. The predicted molar refractivity (Wildman–Crippen MR) is 347 cm³/mol. The van der Waals surface area contributed by atoms with Gasteiger partial charge in [-0.15, -0.1) is 0 Å². The van der Waals surface area contributed by atoms with Crippen molar-refractivity contribution in [1.82, 2.24) is 0 Å². The first-order chi connectivity index (χ1) is 53.4. The SMILES string of the molecule is CC1OC(OC2C(OC3C(OS(=O)(=O)O)C(C)OC(OC4C(OS(=O)(=O)O)C(C)OC(OC5C(OS(=O)(=O)O)C(C)OC(O)C5OS(=O)(=O)O)C4OS(=O)(=O)O)C3OS(=O)(=O)O)OC(C)C(OS(=O)(=O)O)C2OC2OC(C)C(OS(=O)(=O)O)C(OC3OC(C)C(OS(=O)(=O)O)C(O)C3OS(=O)(=O)O)C2OS(=O)(=O)O)C(O)C(OS(=O)(=O)O)C1O. The molecule has 7 aliphatic rings. The number of aliphatic hydroxyl groups is 4. The van der Waals surface area contributed by atoms with E-state index in [0.717, 1.165) is 13.8 Å². The van der Waals surface area contributed by atoms with Crippen LogP contribution < -0.4 is 0 Å². The Balaban J connectivity index is 1.51. The number of rotatable bonds is 36. The fraction of sp³-hybridized carbons (Fsp3) is 1.00. The van der Waals surface area contributed by atoms with E-state index < -0.39 is 340 Å². The summed E-state index contributed by atoms with van der Waals surface area (Å²) in [5.41, 5.74) is 0. The molecule has 16 N–H and O–H groups in total. The molecule has 7 saturated heterocycles. The van der Waals surface area contributed by atoms with Crippen molar-refractivity contribution in [3.05, 3.63) is 0 Å². The molecule has 0 aromatic carbocycles. The van der Waals surface area contributed by atoms with E-state index >= 15 is 0 Å². The van der Waals surface area contributed by atoms with E-state index in [1.54, 1.807) is 0 Å². The standard InChI is InChI=1S/C42H72O65S12/c1-8-15(43)24(102-114(65,66)67)17(45)37(84-8)95-32-27(91-41-33(105-117(74,75)76)28(21(12(5)88-41)99-111(56,57)58)92-38-25(103-115(68,69)70)16(44)18(9(2)85-38)96-108(47,48)49)20(98-110(53,54)55)11(4)86-39(32)93-29-22(100-112(59,60)61)13(6)89-42(34(29)106-118(77,78)79)94-30-23(101-113(62,63)64)14(7)87-40(35(30)107-119(80,81)82)90-26-19(97-109(50,51)52)10(3)83-36(46)31(26)104-116(71,72)73/h8-46H,1-7H3,(H,47,48,49)(H,50,51,52)(H,53,54,55)(H,56,57,58)(H,59,60,61)(H,62,63,64)(H,65,66,67)(H,68,69,70)(H,71,72,73)(H,74,75,76)(H,77,78,79)(H,80,81,82). The highest BCUT2D eigenvalue weighted by atomic mass is 32.3. The normalized spacial score (nSPS) is 40.8. The molecule has 77 heteroatoms. The predicted octanol–water partition coefficient (Wildman–Crippen LogP) is -11.2. The Morgan fingerprint density at radius 2 is 0.345 bits per heavy atom. The van der Waals surface area contributed by atoms with Gasteiger partial charge in [-0.05, 0) is 48.5 Å². The van der Waals surface area contributed by atoms with Crippen molar-refractivity contribution in [2.45, 2.75) is 263 Å². The lowest BCUT2D eigenvalue weighted by molar-refractivity contribution is -0.403. The van der Waals surface area contributed by atoms with Crippen molar-refractivity contribution < 1.29 is 288 Å². The fourth-order valence-corrected chi connectivity index (χ4v) is 18.7. The largest absolute Gasteiger partial charge is 0.397 e. The number of ether oxygens (including phenoxy) is 13. The zero-order valence-corrected chi connectivity index (χ0v) is 69.1. The summed E-state index contributed by atoms with van der Waals surface area (Å²) in [4.78, 5) is 0. The molecule has 35 atom stereocenters. The summed E-state index contributed by atoms with van der Waals surface area (Å²) in [5, 5.41) is 45.0. The topological polar surface area (TPSA) is 964 Å². The lowest BCUT2D eigenvalue weighted by atomic mass is 9.95. The quantitative estimate of drug-likeness (QED) is 0.0259. The number of aliphatic hydroxyl groups excluding tert-OH is 4. The van der Waals surface area contributed by atoms with Gasteiger partial charge in [0.1, 0.15) is 97.7 Å². The monoisotopic (exact) mass is 2000 g/mol. The van der Waals surface area contributed by atoms with Gasteiger partial charge in [0.15, 0.2) is 74.6 Å². The molecule has 35 unspecified atom stereocenters. The Bertz CT molecular complexity index is 4930. The van der Waals surface area contributed by atoms with Gasteiger partial charge in [0.2, 0.25) is 0 Å². The first kappa shape index (κ1) is 104. The van der Waals surface area contributed by atoms with Crippen molar-refractivity contribution in [3.8, 4) is 0 Å². The summed E-state index contributed by atoms with van der Waals surface area (Å²) in [6.45, 7) is 4.33. The molecule has 0 bridgehead atoms. The maximum absolute atomic E-state index is 13.3. The summed E-state index contributed by atoms with van der Waals surface area (Å²) in [7, 11) is -74.6.